The van der Waals surface area contributed by atoms with E-state index >= 15 is 0 Å². The van der Waals surface area contributed by atoms with Crippen LogP contribution in [0.2, 0.25) is 0 Å². The third-order valence-corrected chi connectivity index (χ3v) is 6.64. The van der Waals surface area contributed by atoms with Gasteiger partial charge in [-0.2, -0.15) is 26.3 Å². The van der Waals surface area contributed by atoms with Crippen molar-refractivity contribution >= 4 is 28.2 Å². The van der Waals surface area contributed by atoms with Gasteiger partial charge in [0.2, 0.25) is 0 Å². The molecular weight excluding hydrogens is 530 g/mol. The third kappa shape index (κ3) is 4.97. The van der Waals surface area contributed by atoms with E-state index in [2.05, 4.69) is 9.97 Å². The molecule has 5 aromatic rings. The summed E-state index contributed by atoms with van der Waals surface area (Å²) in [6.45, 7) is 0. The lowest BCUT2D eigenvalue weighted by Crippen LogP contribution is -2.11. The number of hydrogen-bond acceptors (Lipinski definition) is 4. The Morgan fingerprint density at radius 1 is 0.737 bits per heavy atom. The second-order valence-corrected chi connectivity index (χ2v) is 9.15. The van der Waals surface area contributed by atoms with Gasteiger partial charge in [0, 0.05) is 27.5 Å². The topological polar surface area (TPSA) is 63.1 Å². The maximum atomic E-state index is 13.3. The van der Waals surface area contributed by atoms with Crippen molar-refractivity contribution in [3.05, 3.63) is 94.9 Å². The summed E-state index contributed by atoms with van der Waals surface area (Å²) >= 11 is 1.27. The van der Waals surface area contributed by atoms with Crippen LogP contribution >= 0.6 is 11.3 Å². The number of thiazole rings is 1. The summed E-state index contributed by atoms with van der Waals surface area (Å²) in [6, 6.07) is 15.8. The summed E-state index contributed by atoms with van der Waals surface area (Å²) in [5.41, 5.74) is -0.961. The molecule has 0 aliphatic carbocycles. The van der Waals surface area contributed by atoms with E-state index in [0.29, 0.717) is 44.9 Å². The number of carboxylic acids is 1. The predicted molar refractivity (Wildman–Crippen MR) is 131 cm³/mol. The summed E-state index contributed by atoms with van der Waals surface area (Å²) in [6.07, 6.45) is -9.92. The van der Waals surface area contributed by atoms with Gasteiger partial charge in [-0.15, -0.1) is 11.3 Å². The molecule has 38 heavy (non-hydrogen) atoms. The molecule has 11 heteroatoms. The van der Waals surface area contributed by atoms with Crippen LogP contribution in [0.5, 0.6) is 0 Å². The number of hydrogen-bond donors (Lipinski definition) is 1. The summed E-state index contributed by atoms with van der Waals surface area (Å²) < 4.78 is 79.6. The van der Waals surface area contributed by atoms with Crippen LogP contribution in [0.3, 0.4) is 0 Å². The van der Waals surface area contributed by atoms with E-state index in [1.165, 1.54) is 23.5 Å². The number of pyridine rings is 1. The zero-order valence-electron chi connectivity index (χ0n) is 18.9. The first kappa shape index (κ1) is 25.4. The molecule has 0 aliphatic heterocycles. The largest absolute Gasteiger partial charge is 0.478 e. The zero-order chi connectivity index (χ0) is 27.2. The highest BCUT2D eigenvalue weighted by molar-refractivity contribution is 7.13. The van der Waals surface area contributed by atoms with E-state index in [1.807, 2.05) is 0 Å². The van der Waals surface area contributed by atoms with E-state index in [9.17, 15) is 36.2 Å². The fourth-order valence-corrected chi connectivity index (χ4v) is 4.80. The van der Waals surface area contributed by atoms with Crippen molar-refractivity contribution in [2.45, 2.75) is 12.4 Å². The molecule has 0 bridgehead atoms. The Labute approximate surface area is 214 Å². The Hall–Kier alpha value is -4.25. The highest BCUT2D eigenvalue weighted by atomic mass is 32.1. The van der Waals surface area contributed by atoms with Crippen LogP contribution in [0.25, 0.3) is 44.0 Å². The van der Waals surface area contributed by atoms with Crippen LogP contribution in [0.4, 0.5) is 26.3 Å². The van der Waals surface area contributed by atoms with Crippen LogP contribution in [0, 0.1) is 0 Å². The maximum Gasteiger partial charge on any atom is 0.416 e. The minimum Gasteiger partial charge on any atom is -0.478 e. The number of aromatic nitrogens is 2. The molecule has 0 aliphatic rings. The highest BCUT2D eigenvalue weighted by Gasteiger charge is 2.37. The maximum absolute atomic E-state index is 13.3. The van der Waals surface area contributed by atoms with Crippen LogP contribution in [0.15, 0.2) is 78.2 Å². The number of fused-ring (bicyclic) bond motifs is 1. The second-order valence-electron chi connectivity index (χ2n) is 8.29. The van der Waals surface area contributed by atoms with Crippen molar-refractivity contribution in [1.29, 1.82) is 0 Å². The van der Waals surface area contributed by atoms with Gasteiger partial charge >= 0.3 is 18.3 Å². The molecule has 2 aromatic heterocycles. The molecule has 0 amide bonds. The van der Waals surface area contributed by atoms with Gasteiger partial charge in [-0.1, -0.05) is 30.3 Å². The molecular formula is C27H14F6N2O2S. The number of aromatic carboxylic acids is 1. The zero-order valence-corrected chi connectivity index (χ0v) is 19.7. The molecule has 5 rings (SSSR count). The number of benzene rings is 3. The molecule has 0 spiro atoms. The van der Waals surface area contributed by atoms with Crippen molar-refractivity contribution in [2.24, 2.45) is 0 Å². The molecule has 2 heterocycles. The monoisotopic (exact) mass is 544 g/mol. The van der Waals surface area contributed by atoms with Crippen LogP contribution < -0.4 is 0 Å². The number of rotatable bonds is 4. The van der Waals surface area contributed by atoms with Gasteiger partial charge in [0.25, 0.3) is 0 Å². The molecule has 3 aromatic carbocycles. The molecule has 0 saturated heterocycles. The summed E-state index contributed by atoms with van der Waals surface area (Å²) in [5.74, 6) is -1.08. The van der Waals surface area contributed by atoms with Crippen molar-refractivity contribution < 1.29 is 36.2 Å². The average molecular weight is 544 g/mol. The van der Waals surface area contributed by atoms with Crippen LogP contribution in [-0.2, 0) is 12.4 Å². The summed E-state index contributed by atoms with van der Waals surface area (Å²) in [5, 5.41) is 12.3. The SMILES string of the molecule is O=C(O)c1ccccc1-c1nc(-c2ccc3nc(-c4cc(C(F)(F)F)cc(C(F)(F)F)c4)ccc3c2)cs1. The normalized spacial score (nSPS) is 12.2. The smallest absolute Gasteiger partial charge is 0.416 e. The molecule has 0 fully saturated rings. The van der Waals surface area contributed by atoms with E-state index in [1.54, 1.807) is 47.8 Å². The van der Waals surface area contributed by atoms with Gasteiger partial charge < -0.3 is 5.11 Å². The van der Waals surface area contributed by atoms with Crippen molar-refractivity contribution in [2.75, 3.05) is 0 Å². The quantitative estimate of drug-likeness (QED) is 0.231. The van der Waals surface area contributed by atoms with Crippen LogP contribution in [0.1, 0.15) is 21.5 Å². The van der Waals surface area contributed by atoms with Gasteiger partial charge in [-0.25, -0.2) is 14.8 Å². The predicted octanol–water partition coefficient (Wildman–Crippen LogP) is 8.43. The van der Waals surface area contributed by atoms with E-state index < -0.39 is 29.4 Å². The fourth-order valence-electron chi connectivity index (χ4n) is 3.93. The summed E-state index contributed by atoms with van der Waals surface area (Å²) in [7, 11) is 0. The van der Waals surface area contributed by atoms with Gasteiger partial charge in [-0.3, -0.25) is 0 Å². The first-order valence-electron chi connectivity index (χ1n) is 10.9. The Balaban J connectivity index is 1.52. The lowest BCUT2D eigenvalue weighted by atomic mass is 10.0. The molecule has 192 valence electrons. The van der Waals surface area contributed by atoms with Gasteiger partial charge in [-0.05, 0) is 42.5 Å². The number of nitrogens with zero attached hydrogens (tertiary/aromatic N) is 2. The molecule has 0 saturated carbocycles. The van der Waals surface area contributed by atoms with E-state index in [-0.39, 0.29) is 22.9 Å². The lowest BCUT2D eigenvalue weighted by Gasteiger charge is -2.14. The van der Waals surface area contributed by atoms with Crippen molar-refractivity contribution in [1.82, 2.24) is 9.97 Å². The van der Waals surface area contributed by atoms with Gasteiger partial charge in [0.1, 0.15) is 5.01 Å². The van der Waals surface area contributed by atoms with E-state index in [0.717, 1.165) is 0 Å². The fraction of sp³-hybridized carbons (Fsp3) is 0.0741. The summed E-state index contributed by atoms with van der Waals surface area (Å²) in [4.78, 5) is 20.4. The number of alkyl halides is 6. The Kier molecular flexibility index (Phi) is 6.18. The van der Waals surface area contributed by atoms with Crippen molar-refractivity contribution in [3.8, 4) is 33.1 Å². The van der Waals surface area contributed by atoms with Crippen molar-refractivity contribution in [3.63, 3.8) is 0 Å². The first-order valence-corrected chi connectivity index (χ1v) is 11.8. The van der Waals surface area contributed by atoms with Crippen LogP contribution in [-0.4, -0.2) is 21.0 Å². The van der Waals surface area contributed by atoms with Gasteiger partial charge in [0.15, 0.2) is 0 Å². The average Bonchev–Trinajstić information content (AvgIpc) is 3.37. The van der Waals surface area contributed by atoms with Gasteiger partial charge in [0.05, 0.1) is 33.6 Å². The Bertz CT molecular complexity index is 1660. The molecule has 0 atom stereocenters. The molecule has 1 N–H and O–H groups in total. The number of carboxylic acid groups (broad SMARTS) is 1. The lowest BCUT2D eigenvalue weighted by molar-refractivity contribution is -0.143. The Morgan fingerprint density at radius 3 is 2.08 bits per heavy atom. The number of carbonyl (C=O) groups is 1. The standard InChI is InChI=1S/C27H14F6N2O2S/c28-26(29,30)17-10-16(11-18(12-17)27(31,32)33)22-8-5-14-9-15(6-7-21(14)34-22)23-13-38-24(35-23)19-3-1-2-4-20(19)25(36)37/h1-13H,(H,36,37). The van der Waals surface area contributed by atoms with E-state index in [4.69, 9.17) is 0 Å². The molecule has 0 unspecified atom stereocenters. The second kappa shape index (κ2) is 9.25. The first-order chi connectivity index (χ1) is 17.9. The highest BCUT2D eigenvalue weighted by Crippen LogP contribution is 2.39. The molecule has 0 radical (unpaired) electrons. The number of halogens is 6. The minimum absolute atomic E-state index is 0.0388. The third-order valence-electron chi connectivity index (χ3n) is 5.76. The molecule has 4 nitrogen and oxygen atoms in total. The Morgan fingerprint density at radius 2 is 1.42 bits per heavy atom. The minimum atomic E-state index is -4.96.